The molecule has 1 aromatic carbocycles. The molecule has 0 radical (unpaired) electrons. The maximum atomic E-state index is 13.3. The molecule has 0 unspecified atom stereocenters. The molecule has 0 fully saturated rings. The zero-order valence-electron chi connectivity index (χ0n) is 11.7. The van der Waals surface area contributed by atoms with Gasteiger partial charge < -0.3 is 4.98 Å². The second-order valence-electron chi connectivity index (χ2n) is 5.44. The molecule has 0 atom stereocenters. The number of allylic oxidation sites excluding steroid dienone is 2. The van der Waals surface area contributed by atoms with Crippen molar-refractivity contribution in [1.29, 1.82) is 0 Å². The van der Waals surface area contributed by atoms with Crippen LogP contribution in [0.1, 0.15) is 32.1 Å². The number of aromatic nitrogens is 2. The van der Waals surface area contributed by atoms with E-state index in [1.165, 1.54) is 35.1 Å². The average Bonchev–Trinajstić information content (AvgIpc) is 2.49. The summed E-state index contributed by atoms with van der Waals surface area (Å²) in [4.78, 5) is 15.5. The van der Waals surface area contributed by atoms with Crippen molar-refractivity contribution in [2.45, 2.75) is 38.6 Å². The lowest BCUT2D eigenvalue weighted by molar-refractivity contribution is 0.604. The SMILES string of the molecule is O=c1c2cc(F)ccc2[nH]c(=S)n1CCC1=CCCCC1. The molecule has 1 aromatic heterocycles. The highest BCUT2D eigenvalue weighted by molar-refractivity contribution is 7.71. The van der Waals surface area contributed by atoms with Gasteiger partial charge in [-0.05, 0) is 62.5 Å². The lowest BCUT2D eigenvalue weighted by Crippen LogP contribution is -2.22. The number of hydrogen-bond donors (Lipinski definition) is 1. The highest BCUT2D eigenvalue weighted by atomic mass is 32.1. The van der Waals surface area contributed by atoms with E-state index >= 15 is 0 Å². The van der Waals surface area contributed by atoms with Gasteiger partial charge >= 0.3 is 0 Å². The summed E-state index contributed by atoms with van der Waals surface area (Å²) in [6.45, 7) is 0.548. The van der Waals surface area contributed by atoms with E-state index in [4.69, 9.17) is 12.2 Å². The van der Waals surface area contributed by atoms with E-state index in [0.29, 0.717) is 22.2 Å². The molecule has 0 spiro atoms. The summed E-state index contributed by atoms with van der Waals surface area (Å²) in [5.74, 6) is -0.411. The van der Waals surface area contributed by atoms with Crippen LogP contribution in [-0.2, 0) is 6.54 Å². The molecule has 0 saturated carbocycles. The minimum absolute atomic E-state index is 0.218. The summed E-state index contributed by atoms with van der Waals surface area (Å²) in [6.07, 6.45) is 7.79. The number of benzene rings is 1. The van der Waals surface area contributed by atoms with Crippen molar-refractivity contribution in [2.75, 3.05) is 0 Å². The van der Waals surface area contributed by atoms with E-state index in [1.54, 1.807) is 6.07 Å². The van der Waals surface area contributed by atoms with Crippen molar-refractivity contribution in [3.63, 3.8) is 0 Å². The second kappa shape index (κ2) is 5.93. The largest absolute Gasteiger partial charge is 0.332 e. The smallest absolute Gasteiger partial charge is 0.262 e. The van der Waals surface area contributed by atoms with Gasteiger partial charge in [0, 0.05) is 6.54 Å². The summed E-state index contributed by atoms with van der Waals surface area (Å²) in [5, 5.41) is 0.348. The lowest BCUT2D eigenvalue weighted by Gasteiger charge is -2.14. The normalized spacial score (nSPS) is 15.2. The summed E-state index contributed by atoms with van der Waals surface area (Å²) in [5.41, 5.74) is 1.76. The van der Waals surface area contributed by atoms with E-state index in [1.807, 2.05) is 0 Å². The Labute approximate surface area is 127 Å². The van der Waals surface area contributed by atoms with Gasteiger partial charge in [0.1, 0.15) is 5.82 Å². The van der Waals surface area contributed by atoms with Gasteiger partial charge in [-0.1, -0.05) is 11.6 Å². The van der Waals surface area contributed by atoms with Crippen LogP contribution < -0.4 is 5.56 Å². The van der Waals surface area contributed by atoms with E-state index in [2.05, 4.69) is 11.1 Å². The summed E-state index contributed by atoms with van der Waals surface area (Å²) >= 11 is 5.26. The molecule has 110 valence electrons. The Morgan fingerprint density at radius 1 is 1.33 bits per heavy atom. The molecule has 0 bridgehead atoms. The molecule has 5 heteroatoms. The quantitative estimate of drug-likeness (QED) is 0.685. The molecule has 3 rings (SSSR count). The zero-order valence-corrected chi connectivity index (χ0v) is 12.5. The number of nitrogens with zero attached hydrogens (tertiary/aromatic N) is 1. The number of fused-ring (bicyclic) bond motifs is 1. The van der Waals surface area contributed by atoms with Gasteiger partial charge in [-0.25, -0.2) is 4.39 Å². The fourth-order valence-corrected chi connectivity index (χ4v) is 3.10. The molecule has 21 heavy (non-hydrogen) atoms. The van der Waals surface area contributed by atoms with Gasteiger partial charge in [-0.3, -0.25) is 9.36 Å². The first-order chi connectivity index (χ1) is 10.1. The Morgan fingerprint density at radius 2 is 2.19 bits per heavy atom. The van der Waals surface area contributed by atoms with Crippen LogP contribution in [0.25, 0.3) is 10.9 Å². The van der Waals surface area contributed by atoms with E-state index in [0.717, 1.165) is 19.3 Å². The summed E-state index contributed by atoms with van der Waals surface area (Å²) in [6, 6.07) is 4.14. The highest BCUT2D eigenvalue weighted by Gasteiger charge is 2.09. The Balaban J connectivity index is 1.96. The van der Waals surface area contributed by atoms with Crippen LogP contribution in [0.2, 0.25) is 0 Å². The summed E-state index contributed by atoms with van der Waals surface area (Å²) < 4.78 is 15.3. The second-order valence-corrected chi connectivity index (χ2v) is 5.82. The van der Waals surface area contributed by atoms with Gasteiger partial charge in [0.2, 0.25) is 0 Å². The molecular weight excluding hydrogens is 287 g/mol. The number of H-pyrrole nitrogens is 1. The third-order valence-corrected chi connectivity index (χ3v) is 4.31. The van der Waals surface area contributed by atoms with Crippen LogP contribution in [0, 0.1) is 10.6 Å². The molecule has 0 aliphatic heterocycles. The van der Waals surface area contributed by atoms with Crippen molar-refractivity contribution < 1.29 is 4.39 Å². The fourth-order valence-electron chi connectivity index (χ4n) is 2.81. The number of nitrogens with one attached hydrogen (secondary N) is 1. The first kappa shape index (κ1) is 14.2. The number of halogens is 1. The highest BCUT2D eigenvalue weighted by Crippen LogP contribution is 2.20. The first-order valence-electron chi connectivity index (χ1n) is 7.25. The average molecular weight is 304 g/mol. The number of rotatable bonds is 3. The molecule has 0 amide bonds. The molecule has 0 saturated heterocycles. The molecule has 2 aromatic rings. The van der Waals surface area contributed by atoms with Crippen molar-refractivity contribution in [2.24, 2.45) is 0 Å². The fraction of sp³-hybridized carbons (Fsp3) is 0.375. The van der Waals surface area contributed by atoms with Crippen LogP contribution in [0.3, 0.4) is 0 Å². The number of hydrogen-bond acceptors (Lipinski definition) is 2. The van der Waals surface area contributed by atoms with E-state index in [9.17, 15) is 9.18 Å². The number of aromatic amines is 1. The Bertz CT molecular complexity index is 819. The van der Waals surface area contributed by atoms with Crippen molar-refractivity contribution in [1.82, 2.24) is 9.55 Å². The third kappa shape index (κ3) is 2.97. The van der Waals surface area contributed by atoms with Gasteiger partial charge in [0.25, 0.3) is 5.56 Å². The van der Waals surface area contributed by atoms with Crippen LogP contribution in [0.4, 0.5) is 4.39 Å². The van der Waals surface area contributed by atoms with Crippen molar-refractivity contribution in [3.8, 4) is 0 Å². The molecule has 1 aliphatic carbocycles. The minimum Gasteiger partial charge on any atom is -0.332 e. The van der Waals surface area contributed by atoms with Gasteiger partial charge in [-0.2, -0.15) is 0 Å². The minimum atomic E-state index is -0.411. The Kier molecular flexibility index (Phi) is 4.01. The summed E-state index contributed by atoms with van der Waals surface area (Å²) in [7, 11) is 0. The molecule has 1 heterocycles. The van der Waals surface area contributed by atoms with Crippen LogP contribution in [0.15, 0.2) is 34.6 Å². The van der Waals surface area contributed by atoms with Gasteiger partial charge in [-0.15, -0.1) is 0 Å². The topological polar surface area (TPSA) is 37.8 Å². The zero-order chi connectivity index (χ0) is 14.8. The third-order valence-electron chi connectivity index (χ3n) is 3.99. The van der Waals surface area contributed by atoms with E-state index < -0.39 is 5.82 Å². The predicted molar refractivity (Wildman–Crippen MR) is 84.5 cm³/mol. The van der Waals surface area contributed by atoms with Crippen molar-refractivity contribution >= 4 is 23.1 Å². The predicted octanol–water partition coefficient (Wildman–Crippen LogP) is 4.09. The molecule has 1 N–H and O–H groups in total. The van der Waals surface area contributed by atoms with Gasteiger partial charge in [0.15, 0.2) is 4.77 Å². The Morgan fingerprint density at radius 3 is 2.95 bits per heavy atom. The lowest BCUT2D eigenvalue weighted by atomic mass is 9.97. The monoisotopic (exact) mass is 304 g/mol. The maximum absolute atomic E-state index is 13.3. The first-order valence-corrected chi connectivity index (χ1v) is 7.66. The molecule has 3 nitrogen and oxygen atoms in total. The maximum Gasteiger partial charge on any atom is 0.262 e. The van der Waals surface area contributed by atoms with E-state index in [-0.39, 0.29) is 5.56 Å². The van der Waals surface area contributed by atoms with Crippen LogP contribution in [-0.4, -0.2) is 9.55 Å². The standard InChI is InChI=1S/C16H17FN2OS/c17-12-6-7-14-13(10-12)15(20)19(16(21)18-14)9-8-11-4-2-1-3-5-11/h4,6-7,10H,1-3,5,8-9H2,(H,18,21). The molecular formula is C16H17FN2OS. The van der Waals surface area contributed by atoms with Gasteiger partial charge in [0.05, 0.1) is 10.9 Å². The van der Waals surface area contributed by atoms with Crippen LogP contribution >= 0.6 is 12.2 Å². The van der Waals surface area contributed by atoms with Crippen LogP contribution in [0.5, 0.6) is 0 Å². The Hall–Kier alpha value is -1.75. The van der Waals surface area contributed by atoms with Crippen molar-refractivity contribution in [3.05, 3.63) is 50.8 Å². The molecule has 1 aliphatic rings.